The number of hydrogen-bond acceptors (Lipinski definition) is 1. The normalized spacial score (nSPS) is 12.9. The maximum absolute atomic E-state index is 5.29. The van der Waals surface area contributed by atoms with Gasteiger partial charge in [-0.25, -0.2) is 0 Å². The highest BCUT2D eigenvalue weighted by molar-refractivity contribution is 4.99. The molecule has 0 aliphatic rings. The van der Waals surface area contributed by atoms with Crippen LogP contribution in [0.2, 0.25) is 0 Å². The Labute approximate surface area is 84.2 Å². The number of nitrogens with zero attached hydrogens (tertiary/aromatic N) is 1. The summed E-state index contributed by atoms with van der Waals surface area (Å²) in [7, 11) is 0. The van der Waals surface area contributed by atoms with E-state index in [9.17, 15) is 0 Å². The molecule has 1 atom stereocenters. The van der Waals surface area contributed by atoms with Crippen LogP contribution in [0.3, 0.4) is 0 Å². The van der Waals surface area contributed by atoms with Crippen LogP contribution < -0.4 is 0 Å². The monoisotopic (exact) mass is 189 g/mol. The van der Waals surface area contributed by atoms with Crippen molar-refractivity contribution in [3.63, 3.8) is 0 Å². The quantitative estimate of drug-likeness (QED) is 0.721. The van der Waals surface area contributed by atoms with Gasteiger partial charge in [0.15, 0.2) is 0 Å². The minimum Gasteiger partial charge on any atom is -0.469 e. The van der Waals surface area contributed by atoms with Crippen molar-refractivity contribution >= 4 is 0 Å². The lowest BCUT2D eigenvalue weighted by Gasteiger charge is -2.12. The molecule has 0 spiro atoms. The van der Waals surface area contributed by atoms with Crippen molar-refractivity contribution in [2.75, 3.05) is 0 Å². The second kappa shape index (κ2) is 4.18. The van der Waals surface area contributed by atoms with Crippen molar-refractivity contribution in [3.8, 4) is 0 Å². The molecule has 2 heterocycles. The zero-order chi connectivity index (χ0) is 9.80. The van der Waals surface area contributed by atoms with E-state index in [0.717, 1.165) is 18.6 Å². The Kier molecular flexibility index (Phi) is 2.73. The molecule has 2 aromatic rings. The summed E-state index contributed by atoms with van der Waals surface area (Å²) in [5.41, 5.74) is 0. The molecule has 0 aliphatic carbocycles. The van der Waals surface area contributed by atoms with E-state index in [1.54, 1.807) is 6.26 Å². The second-order valence-corrected chi connectivity index (χ2v) is 3.60. The van der Waals surface area contributed by atoms with Crippen LogP contribution in [0.1, 0.15) is 25.1 Å². The molecular formula is C12H15NO. The first-order valence-electron chi connectivity index (χ1n) is 5.01. The summed E-state index contributed by atoms with van der Waals surface area (Å²) in [4.78, 5) is 0. The van der Waals surface area contributed by atoms with Gasteiger partial charge < -0.3 is 8.98 Å². The second-order valence-electron chi connectivity index (χ2n) is 3.60. The Morgan fingerprint density at radius 1 is 1.29 bits per heavy atom. The van der Waals surface area contributed by atoms with Gasteiger partial charge in [0, 0.05) is 24.9 Å². The van der Waals surface area contributed by atoms with Gasteiger partial charge in [-0.05, 0) is 37.6 Å². The third-order valence-electron chi connectivity index (χ3n) is 2.53. The highest BCUT2D eigenvalue weighted by atomic mass is 16.3. The van der Waals surface area contributed by atoms with E-state index in [0.29, 0.717) is 6.04 Å². The molecule has 0 fully saturated rings. The van der Waals surface area contributed by atoms with Gasteiger partial charge in [-0.1, -0.05) is 0 Å². The van der Waals surface area contributed by atoms with E-state index >= 15 is 0 Å². The fraction of sp³-hybridized carbons (Fsp3) is 0.333. The lowest BCUT2D eigenvalue weighted by atomic mass is 10.1. The number of furan rings is 1. The van der Waals surface area contributed by atoms with Gasteiger partial charge in [-0.3, -0.25) is 0 Å². The molecule has 0 saturated heterocycles. The lowest BCUT2D eigenvalue weighted by Crippen LogP contribution is -2.03. The van der Waals surface area contributed by atoms with Gasteiger partial charge in [0.1, 0.15) is 5.76 Å². The average molecular weight is 189 g/mol. The summed E-state index contributed by atoms with van der Waals surface area (Å²) in [5.74, 6) is 1.07. The maximum Gasteiger partial charge on any atom is 0.103 e. The molecule has 2 aromatic heterocycles. The standard InChI is InChI=1S/C12H15NO/c1-11(13-8-2-3-9-13)6-7-12-5-4-10-14-12/h2-5,8-11H,6-7H2,1H3. The lowest BCUT2D eigenvalue weighted by molar-refractivity contribution is 0.453. The molecule has 2 rings (SSSR count). The average Bonchev–Trinajstić information content (AvgIpc) is 2.87. The van der Waals surface area contributed by atoms with Crippen LogP contribution in [0, 0.1) is 0 Å². The van der Waals surface area contributed by atoms with Gasteiger partial charge in [-0.15, -0.1) is 0 Å². The highest BCUT2D eigenvalue weighted by Gasteiger charge is 2.04. The van der Waals surface area contributed by atoms with Crippen LogP contribution in [0.5, 0.6) is 0 Å². The number of aromatic nitrogens is 1. The van der Waals surface area contributed by atoms with Crippen molar-refractivity contribution in [1.82, 2.24) is 4.57 Å². The Balaban J connectivity index is 1.87. The first-order valence-corrected chi connectivity index (χ1v) is 5.01. The number of rotatable bonds is 4. The molecule has 2 heteroatoms. The molecule has 0 bridgehead atoms. The van der Waals surface area contributed by atoms with Gasteiger partial charge in [-0.2, -0.15) is 0 Å². The summed E-state index contributed by atoms with van der Waals surface area (Å²) in [6.07, 6.45) is 8.06. The Bertz CT molecular complexity index is 348. The predicted molar refractivity (Wildman–Crippen MR) is 56.2 cm³/mol. The third kappa shape index (κ3) is 2.08. The minimum absolute atomic E-state index is 0.537. The van der Waals surface area contributed by atoms with Crippen molar-refractivity contribution in [3.05, 3.63) is 48.7 Å². The maximum atomic E-state index is 5.29. The molecule has 0 radical (unpaired) electrons. The first kappa shape index (κ1) is 9.13. The van der Waals surface area contributed by atoms with E-state index in [2.05, 4.69) is 36.0 Å². The van der Waals surface area contributed by atoms with E-state index < -0.39 is 0 Å². The van der Waals surface area contributed by atoms with Crippen molar-refractivity contribution < 1.29 is 4.42 Å². The molecule has 0 aliphatic heterocycles. The van der Waals surface area contributed by atoms with Crippen LogP contribution in [0.15, 0.2) is 47.3 Å². The van der Waals surface area contributed by atoms with Crippen LogP contribution in [0.4, 0.5) is 0 Å². The largest absolute Gasteiger partial charge is 0.469 e. The van der Waals surface area contributed by atoms with E-state index in [4.69, 9.17) is 4.42 Å². The summed E-state index contributed by atoms with van der Waals surface area (Å²) in [6.45, 7) is 2.23. The van der Waals surface area contributed by atoms with E-state index in [1.165, 1.54) is 0 Å². The van der Waals surface area contributed by atoms with Gasteiger partial charge in [0.25, 0.3) is 0 Å². The van der Waals surface area contributed by atoms with Gasteiger partial charge in [0.05, 0.1) is 6.26 Å². The predicted octanol–water partition coefficient (Wildman–Crippen LogP) is 3.27. The van der Waals surface area contributed by atoms with Crippen LogP contribution in [-0.4, -0.2) is 4.57 Å². The fourth-order valence-electron chi connectivity index (χ4n) is 1.60. The molecule has 0 aromatic carbocycles. The van der Waals surface area contributed by atoms with Gasteiger partial charge >= 0.3 is 0 Å². The zero-order valence-electron chi connectivity index (χ0n) is 8.39. The first-order chi connectivity index (χ1) is 6.86. The number of hydrogen-bond donors (Lipinski definition) is 0. The summed E-state index contributed by atoms with van der Waals surface area (Å²) >= 11 is 0. The number of aryl methyl sites for hydroxylation is 1. The van der Waals surface area contributed by atoms with Crippen LogP contribution >= 0.6 is 0 Å². The summed E-state index contributed by atoms with van der Waals surface area (Å²) in [6, 6.07) is 8.63. The SMILES string of the molecule is CC(CCc1ccco1)n1cccc1. The van der Waals surface area contributed by atoms with Gasteiger partial charge in [0.2, 0.25) is 0 Å². The molecule has 2 nitrogen and oxygen atoms in total. The molecular weight excluding hydrogens is 174 g/mol. The Morgan fingerprint density at radius 2 is 2.07 bits per heavy atom. The Hall–Kier alpha value is -1.44. The minimum atomic E-state index is 0.537. The summed E-state index contributed by atoms with van der Waals surface area (Å²) < 4.78 is 7.52. The highest BCUT2D eigenvalue weighted by Crippen LogP contribution is 2.14. The fourth-order valence-corrected chi connectivity index (χ4v) is 1.60. The summed E-state index contributed by atoms with van der Waals surface area (Å²) in [5, 5.41) is 0. The molecule has 0 amide bonds. The molecule has 1 unspecified atom stereocenters. The van der Waals surface area contributed by atoms with Crippen molar-refractivity contribution in [1.29, 1.82) is 0 Å². The zero-order valence-corrected chi connectivity index (χ0v) is 8.39. The topological polar surface area (TPSA) is 18.1 Å². The Morgan fingerprint density at radius 3 is 2.71 bits per heavy atom. The van der Waals surface area contributed by atoms with Crippen molar-refractivity contribution in [2.24, 2.45) is 0 Å². The molecule has 0 saturated carbocycles. The molecule has 0 N–H and O–H groups in total. The third-order valence-corrected chi connectivity index (χ3v) is 2.53. The smallest absolute Gasteiger partial charge is 0.103 e. The molecule has 74 valence electrons. The molecule has 14 heavy (non-hydrogen) atoms. The van der Waals surface area contributed by atoms with E-state index in [1.807, 2.05) is 12.1 Å². The van der Waals surface area contributed by atoms with Crippen LogP contribution in [0.25, 0.3) is 0 Å². The van der Waals surface area contributed by atoms with E-state index in [-0.39, 0.29) is 0 Å². The van der Waals surface area contributed by atoms with Crippen molar-refractivity contribution in [2.45, 2.75) is 25.8 Å². The van der Waals surface area contributed by atoms with Crippen LogP contribution in [-0.2, 0) is 6.42 Å².